The number of aliphatic hydroxyl groups is 1. The predicted molar refractivity (Wildman–Crippen MR) is 64.1 cm³/mol. The molecule has 0 bridgehead atoms. The second-order valence-electron chi connectivity index (χ2n) is 4.41. The summed E-state index contributed by atoms with van der Waals surface area (Å²) in [6.07, 6.45) is -3.83. The number of alkyl halides is 3. The lowest BCUT2D eigenvalue weighted by Gasteiger charge is -2.23. The molecule has 2 atom stereocenters. The van der Waals surface area contributed by atoms with Crippen molar-refractivity contribution in [2.24, 2.45) is 5.92 Å². The van der Waals surface area contributed by atoms with E-state index >= 15 is 0 Å². The highest BCUT2D eigenvalue weighted by Crippen LogP contribution is 2.32. The topological polar surface area (TPSA) is 32.3 Å². The van der Waals surface area contributed by atoms with Gasteiger partial charge in [-0.05, 0) is 24.4 Å². The first-order chi connectivity index (χ1) is 8.45. The van der Waals surface area contributed by atoms with E-state index in [9.17, 15) is 13.2 Å². The molecule has 0 spiro atoms. The van der Waals surface area contributed by atoms with Gasteiger partial charge in [0.05, 0.1) is 0 Å². The van der Waals surface area contributed by atoms with E-state index in [-0.39, 0.29) is 24.6 Å². The lowest BCUT2D eigenvalue weighted by atomic mass is 10.0. The average molecular weight is 261 g/mol. The maximum atomic E-state index is 12.9. The van der Waals surface area contributed by atoms with E-state index in [1.165, 1.54) is 12.1 Å². The zero-order chi connectivity index (χ0) is 13.6. The molecule has 18 heavy (non-hydrogen) atoms. The van der Waals surface area contributed by atoms with Crippen LogP contribution in [0.2, 0.25) is 0 Å². The molecule has 0 fully saturated rings. The van der Waals surface area contributed by atoms with Crippen LogP contribution in [0.5, 0.6) is 0 Å². The number of rotatable bonds is 6. The number of hydrogen-bond donors (Lipinski definition) is 2. The molecule has 2 N–H and O–H groups in total. The van der Waals surface area contributed by atoms with Crippen molar-refractivity contribution in [3.05, 3.63) is 35.9 Å². The molecule has 0 saturated carbocycles. The Labute approximate surface area is 105 Å². The molecule has 0 aromatic heterocycles. The van der Waals surface area contributed by atoms with Crippen LogP contribution in [0.25, 0.3) is 0 Å². The Hall–Kier alpha value is -1.07. The van der Waals surface area contributed by atoms with Crippen molar-refractivity contribution >= 4 is 0 Å². The molecule has 0 saturated heterocycles. The SMILES string of the molecule is CC(CCO)CNC(c1ccccc1)C(F)(F)F. The summed E-state index contributed by atoms with van der Waals surface area (Å²) in [5.41, 5.74) is 0.209. The fourth-order valence-electron chi connectivity index (χ4n) is 1.71. The molecule has 1 aromatic rings. The molecule has 0 aliphatic heterocycles. The number of benzene rings is 1. The second-order valence-corrected chi connectivity index (χ2v) is 4.41. The molecule has 0 aliphatic carbocycles. The highest BCUT2D eigenvalue weighted by Gasteiger charge is 2.40. The molecular weight excluding hydrogens is 243 g/mol. The van der Waals surface area contributed by atoms with Crippen LogP contribution in [-0.4, -0.2) is 24.4 Å². The van der Waals surface area contributed by atoms with Crippen LogP contribution < -0.4 is 5.32 Å². The maximum absolute atomic E-state index is 12.9. The van der Waals surface area contributed by atoms with Gasteiger partial charge in [0, 0.05) is 6.61 Å². The molecule has 2 nitrogen and oxygen atoms in total. The van der Waals surface area contributed by atoms with Crippen molar-refractivity contribution in [3.63, 3.8) is 0 Å². The van der Waals surface area contributed by atoms with Crippen LogP contribution in [-0.2, 0) is 0 Å². The quantitative estimate of drug-likeness (QED) is 0.825. The van der Waals surface area contributed by atoms with E-state index in [2.05, 4.69) is 5.32 Å². The first kappa shape index (κ1) is 15.0. The van der Waals surface area contributed by atoms with Crippen LogP contribution >= 0.6 is 0 Å². The molecule has 2 unspecified atom stereocenters. The Bertz CT molecular complexity index is 340. The molecular formula is C13H18F3NO. The third kappa shape index (κ3) is 4.66. The van der Waals surface area contributed by atoms with Gasteiger partial charge in [-0.2, -0.15) is 13.2 Å². The number of aliphatic hydroxyl groups excluding tert-OH is 1. The van der Waals surface area contributed by atoms with Gasteiger partial charge in [-0.25, -0.2) is 0 Å². The summed E-state index contributed by atoms with van der Waals surface area (Å²) in [6.45, 7) is 2.02. The van der Waals surface area contributed by atoms with Gasteiger partial charge >= 0.3 is 6.18 Å². The number of nitrogens with one attached hydrogen (secondary N) is 1. The molecule has 1 aromatic carbocycles. The van der Waals surface area contributed by atoms with Crippen LogP contribution in [0.3, 0.4) is 0 Å². The summed E-state index contributed by atoms with van der Waals surface area (Å²) in [5.74, 6) is 0.00330. The summed E-state index contributed by atoms with van der Waals surface area (Å²) in [7, 11) is 0. The molecule has 0 heterocycles. The van der Waals surface area contributed by atoms with Gasteiger partial charge in [-0.1, -0.05) is 37.3 Å². The normalized spacial score (nSPS) is 15.4. The molecule has 5 heteroatoms. The van der Waals surface area contributed by atoms with E-state index in [1.54, 1.807) is 18.2 Å². The van der Waals surface area contributed by atoms with E-state index in [1.807, 2.05) is 6.92 Å². The highest BCUT2D eigenvalue weighted by molar-refractivity contribution is 5.20. The maximum Gasteiger partial charge on any atom is 0.407 e. The van der Waals surface area contributed by atoms with Crippen molar-refractivity contribution < 1.29 is 18.3 Å². The zero-order valence-corrected chi connectivity index (χ0v) is 10.2. The minimum atomic E-state index is -4.32. The van der Waals surface area contributed by atoms with Gasteiger partial charge in [-0.3, -0.25) is 0 Å². The Balaban J connectivity index is 2.69. The molecule has 0 radical (unpaired) electrons. The van der Waals surface area contributed by atoms with Crippen molar-refractivity contribution in [2.75, 3.05) is 13.2 Å². The van der Waals surface area contributed by atoms with Gasteiger partial charge < -0.3 is 10.4 Å². The minimum absolute atomic E-state index is 0.00330. The van der Waals surface area contributed by atoms with Crippen LogP contribution in [0.4, 0.5) is 13.2 Å². The smallest absolute Gasteiger partial charge is 0.396 e. The Morgan fingerprint density at radius 1 is 1.22 bits per heavy atom. The highest BCUT2D eigenvalue weighted by atomic mass is 19.4. The molecule has 0 aliphatic rings. The Morgan fingerprint density at radius 2 is 1.83 bits per heavy atom. The summed E-state index contributed by atoms with van der Waals surface area (Å²) in [6, 6.07) is 6.13. The molecule has 1 rings (SSSR count). The summed E-state index contributed by atoms with van der Waals surface area (Å²) >= 11 is 0. The standard InChI is InChI=1S/C13H18F3NO/c1-10(7-8-18)9-17-12(13(14,15)16)11-5-3-2-4-6-11/h2-6,10,12,17-18H,7-9H2,1H3. The van der Waals surface area contributed by atoms with Crippen LogP contribution in [0.15, 0.2) is 30.3 Å². The monoisotopic (exact) mass is 261 g/mol. The summed E-state index contributed by atoms with van der Waals surface area (Å²) in [4.78, 5) is 0. The Kier molecular flexibility index (Phi) is 5.62. The Morgan fingerprint density at radius 3 is 2.33 bits per heavy atom. The fraction of sp³-hybridized carbons (Fsp3) is 0.538. The number of halogens is 3. The van der Waals surface area contributed by atoms with E-state index in [0.717, 1.165) is 0 Å². The lowest BCUT2D eigenvalue weighted by Crippen LogP contribution is -2.36. The van der Waals surface area contributed by atoms with Crippen LogP contribution in [0, 0.1) is 5.92 Å². The second kappa shape index (κ2) is 6.75. The van der Waals surface area contributed by atoms with E-state index in [4.69, 9.17) is 5.11 Å². The third-order valence-electron chi connectivity index (χ3n) is 2.75. The van der Waals surface area contributed by atoms with Gasteiger partial charge in [0.2, 0.25) is 0 Å². The summed E-state index contributed by atoms with van der Waals surface area (Å²) in [5, 5.41) is 11.3. The van der Waals surface area contributed by atoms with Crippen molar-refractivity contribution in [2.45, 2.75) is 25.6 Å². The molecule has 102 valence electrons. The van der Waals surface area contributed by atoms with Gasteiger partial charge in [-0.15, -0.1) is 0 Å². The van der Waals surface area contributed by atoms with Crippen LogP contribution in [0.1, 0.15) is 24.9 Å². The predicted octanol–water partition coefficient (Wildman–Crippen LogP) is 2.90. The molecule has 0 amide bonds. The summed E-state index contributed by atoms with van der Waals surface area (Å²) < 4.78 is 38.8. The largest absolute Gasteiger partial charge is 0.407 e. The van der Waals surface area contributed by atoms with E-state index in [0.29, 0.717) is 6.42 Å². The van der Waals surface area contributed by atoms with Gasteiger partial charge in [0.1, 0.15) is 6.04 Å². The number of hydrogen-bond acceptors (Lipinski definition) is 2. The van der Waals surface area contributed by atoms with Crippen molar-refractivity contribution in [1.82, 2.24) is 5.32 Å². The fourth-order valence-corrected chi connectivity index (χ4v) is 1.71. The van der Waals surface area contributed by atoms with E-state index < -0.39 is 12.2 Å². The average Bonchev–Trinajstić information content (AvgIpc) is 2.29. The lowest BCUT2D eigenvalue weighted by molar-refractivity contribution is -0.158. The first-order valence-corrected chi connectivity index (χ1v) is 5.91. The van der Waals surface area contributed by atoms with Gasteiger partial charge in [0.25, 0.3) is 0 Å². The van der Waals surface area contributed by atoms with Crippen molar-refractivity contribution in [3.8, 4) is 0 Å². The first-order valence-electron chi connectivity index (χ1n) is 5.91. The van der Waals surface area contributed by atoms with Crippen molar-refractivity contribution in [1.29, 1.82) is 0 Å². The third-order valence-corrected chi connectivity index (χ3v) is 2.75. The zero-order valence-electron chi connectivity index (χ0n) is 10.2. The van der Waals surface area contributed by atoms with Gasteiger partial charge in [0.15, 0.2) is 0 Å². The minimum Gasteiger partial charge on any atom is -0.396 e.